The van der Waals surface area contributed by atoms with Gasteiger partial charge in [-0.05, 0) is 38.6 Å². The molecule has 1 N–H and O–H groups in total. The number of carbonyl (C=O) groups is 1. The van der Waals surface area contributed by atoms with E-state index >= 15 is 0 Å². The van der Waals surface area contributed by atoms with Crippen LogP contribution in [0.5, 0.6) is 0 Å². The van der Waals surface area contributed by atoms with E-state index in [-0.39, 0.29) is 5.54 Å². The summed E-state index contributed by atoms with van der Waals surface area (Å²) in [6.45, 7) is 3.22. The molecule has 2 nitrogen and oxygen atoms in total. The number of rotatable bonds is 4. The van der Waals surface area contributed by atoms with E-state index in [0.717, 1.165) is 38.6 Å². The highest BCUT2D eigenvalue weighted by Crippen LogP contribution is 2.36. The van der Waals surface area contributed by atoms with Crippen molar-refractivity contribution in [3.63, 3.8) is 0 Å². The number of hydrogen-bond donors (Lipinski definition) is 1. The molecule has 0 radical (unpaired) electrons. The lowest BCUT2D eigenvalue weighted by Crippen LogP contribution is -2.51. The molecule has 14 heavy (non-hydrogen) atoms. The number of ketones is 1. The van der Waals surface area contributed by atoms with Crippen molar-refractivity contribution < 1.29 is 4.79 Å². The van der Waals surface area contributed by atoms with Crippen LogP contribution in [-0.2, 0) is 4.79 Å². The topological polar surface area (TPSA) is 29.1 Å². The molecule has 0 aromatic carbocycles. The van der Waals surface area contributed by atoms with E-state index in [4.69, 9.17) is 0 Å². The van der Waals surface area contributed by atoms with E-state index < -0.39 is 0 Å². The molecule has 80 valence electrons. The summed E-state index contributed by atoms with van der Waals surface area (Å²) in [6.07, 6.45) is 7.97. The predicted molar refractivity (Wildman–Crippen MR) is 57.2 cm³/mol. The Bertz CT molecular complexity index is 214. The number of carbonyl (C=O) groups excluding carboxylic acids is 1. The Hall–Kier alpha value is -0.370. The maximum absolute atomic E-state index is 12.3. The van der Waals surface area contributed by atoms with Gasteiger partial charge in [0.1, 0.15) is 0 Å². The van der Waals surface area contributed by atoms with Gasteiger partial charge in [-0.1, -0.05) is 19.8 Å². The fraction of sp³-hybridized carbons (Fsp3) is 0.917. The van der Waals surface area contributed by atoms with Crippen LogP contribution in [-0.4, -0.2) is 17.9 Å². The lowest BCUT2D eigenvalue weighted by molar-refractivity contribution is -0.131. The van der Waals surface area contributed by atoms with Crippen molar-refractivity contribution >= 4 is 5.78 Å². The number of nitrogens with one attached hydrogen (secondary N) is 1. The lowest BCUT2D eigenvalue weighted by Gasteiger charge is -2.35. The van der Waals surface area contributed by atoms with Crippen LogP contribution >= 0.6 is 0 Å². The first kappa shape index (κ1) is 10.2. The first-order valence-electron chi connectivity index (χ1n) is 6.08. The largest absolute Gasteiger partial charge is 0.305 e. The maximum atomic E-state index is 12.3. The summed E-state index contributed by atoms with van der Waals surface area (Å²) in [5, 5.41) is 3.47. The first-order chi connectivity index (χ1) is 6.78. The van der Waals surface area contributed by atoms with Gasteiger partial charge in [-0.15, -0.1) is 0 Å². The SMILES string of the molecule is CCCC1(C(=O)C2CCC2)CCCN1. The minimum absolute atomic E-state index is 0.111. The molecule has 0 aromatic heterocycles. The molecule has 1 saturated heterocycles. The van der Waals surface area contributed by atoms with Crippen molar-refractivity contribution in [2.24, 2.45) is 5.92 Å². The van der Waals surface area contributed by atoms with Crippen LogP contribution in [0, 0.1) is 5.92 Å². The molecule has 2 heteroatoms. The van der Waals surface area contributed by atoms with Crippen molar-refractivity contribution in [2.45, 2.75) is 57.4 Å². The van der Waals surface area contributed by atoms with Gasteiger partial charge in [0.25, 0.3) is 0 Å². The van der Waals surface area contributed by atoms with Crippen LogP contribution in [0.15, 0.2) is 0 Å². The third-order valence-electron chi connectivity index (χ3n) is 3.87. The van der Waals surface area contributed by atoms with Crippen LogP contribution in [0.1, 0.15) is 51.9 Å². The molecule has 0 amide bonds. The highest BCUT2D eigenvalue weighted by Gasteiger charge is 2.44. The highest BCUT2D eigenvalue weighted by atomic mass is 16.1. The van der Waals surface area contributed by atoms with Crippen molar-refractivity contribution in [3.05, 3.63) is 0 Å². The van der Waals surface area contributed by atoms with Crippen LogP contribution < -0.4 is 5.32 Å². The average molecular weight is 195 g/mol. The van der Waals surface area contributed by atoms with Crippen molar-refractivity contribution in [3.8, 4) is 0 Å². The summed E-state index contributed by atoms with van der Waals surface area (Å²) >= 11 is 0. The van der Waals surface area contributed by atoms with E-state index in [1.165, 1.54) is 12.8 Å². The Balaban J connectivity index is 2.04. The summed E-state index contributed by atoms with van der Waals surface area (Å²) in [5.41, 5.74) is -0.111. The van der Waals surface area contributed by atoms with Gasteiger partial charge in [0.15, 0.2) is 5.78 Å². The molecule has 1 aliphatic heterocycles. The molecular weight excluding hydrogens is 174 g/mol. The molecule has 1 heterocycles. The third kappa shape index (κ3) is 1.60. The van der Waals surface area contributed by atoms with Gasteiger partial charge in [-0.2, -0.15) is 0 Å². The van der Waals surface area contributed by atoms with Crippen molar-refractivity contribution in [1.29, 1.82) is 0 Å². The third-order valence-corrected chi connectivity index (χ3v) is 3.87. The molecule has 0 spiro atoms. The molecule has 2 rings (SSSR count). The van der Waals surface area contributed by atoms with Crippen molar-refractivity contribution in [2.75, 3.05) is 6.54 Å². The van der Waals surface area contributed by atoms with Crippen LogP contribution in [0.25, 0.3) is 0 Å². The quantitative estimate of drug-likeness (QED) is 0.745. The standard InChI is InChI=1S/C12H21NO/c1-2-7-12(8-4-9-13-12)11(14)10-5-3-6-10/h10,13H,2-9H2,1H3. The van der Waals surface area contributed by atoms with Crippen LogP contribution in [0.2, 0.25) is 0 Å². The Morgan fingerprint density at radius 3 is 2.64 bits per heavy atom. The molecule has 1 saturated carbocycles. The summed E-state index contributed by atoms with van der Waals surface area (Å²) in [4.78, 5) is 12.3. The second-order valence-corrected chi connectivity index (χ2v) is 4.85. The zero-order valence-corrected chi connectivity index (χ0v) is 9.14. The van der Waals surface area contributed by atoms with Crippen LogP contribution in [0.3, 0.4) is 0 Å². The molecular formula is C12H21NO. The fourth-order valence-electron chi connectivity index (χ4n) is 2.84. The van der Waals surface area contributed by atoms with Gasteiger partial charge in [0.05, 0.1) is 5.54 Å². The second-order valence-electron chi connectivity index (χ2n) is 4.85. The van der Waals surface area contributed by atoms with Crippen LogP contribution in [0.4, 0.5) is 0 Å². The summed E-state index contributed by atoms with van der Waals surface area (Å²) < 4.78 is 0. The summed E-state index contributed by atoms with van der Waals surface area (Å²) in [6, 6.07) is 0. The maximum Gasteiger partial charge on any atom is 0.155 e. The van der Waals surface area contributed by atoms with E-state index in [2.05, 4.69) is 12.2 Å². The Labute approximate surface area is 86.5 Å². The Kier molecular flexibility index (Phi) is 2.91. The second kappa shape index (κ2) is 4.01. The average Bonchev–Trinajstić information content (AvgIpc) is 2.51. The van der Waals surface area contributed by atoms with Gasteiger partial charge in [0.2, 0.25) is 0 Å². The Morgan fingerprint density at radius 1 is 1.43 bits per heavy atom. The molecule has 2 aliphatic rings. The van der Waals surface area contributed by atoms with E-state index in [1.54, 1.807) is 0 Å². The molecule has 1 aliphatic carbocycles. The fourth-order valence-corrected chi connectivity index (χ4v) is 2.84. The lowest BCUT2D eigenvalue weighted by atomic mass is 9.72. The first-order valence-corrected chi connectivity index (χ1v) is 6.08. The van der Waals surface area contributed by atoms with Gasteiger partial charge >= 0.3 is 0 Å². The minimum Gasteiger partial charge on any atom is -0.305 e. The smallest absolute Gasteiger partial charge is 0.155 e. The van der Waals surface area contributed by atoms with E-state index in [1.807, 2.05) is 0 Å². The number of hydrogen-bond acceptors (Lipinski definition) is 2. The predicted octanol–water partition coefficient (Wildman–Crippen LogP) is 2.28. The monoisotopic (exact) mass is 195 g/mol. The Morgan fingerprint density at radius 2 is 2.21 bits per heavy atom. The molecule has 0 bridgehead atoms. The van der Waals surface area contributed by atoms with Gasteiger partial charge in [0, 0.05) is 5.92 Å². The minimum atomic E-state index is -0.111. The molecule has 1 atom stereocenters. The highest BCUT2D eigenvalue weighted by molar-refractivity contribution is 5.91. The normalized spacial score (nSPS) is 32.9. The van der Waals surface area contributed by atoms with Gasteiger partial charge in [-0.3, -0.25) is 4.79 Å². The zero-order chi connectivity index (χ0) is 10.0. The number of Topliss-reactive ketones (excluding diaryl/α,β-unsaturated/α-hetero) is 1. The molecule has 2 fully saturated rings. The summed E-state index contributed by atoms with van der Waals surface area (Å²) in [7, 11) is 0. The molecule has 0 aromatic rings. The van der Waals surface area contributed by atoms with Gasteiger partial charge < -0.3 is 5.32 Å². The zero-order valence-electron chi connectivity index (χ0n) is 9.14. The van der Waals surface area contributed by atoms with Crippen molar-refractivity contribution in [1.82, 2.24) is 5.32 Å². The molecule has 1 unspecified atom stereocenters. The summed E-state index contributed by atoms with van der Waals surface area (Å²) in [5.74, 6) is 0.926. The van der Waals surface area contributed by atoms with Gasteiger partial charge in [-0.25, -0.2) is 0 Å². The van der Waals surface area contributed by atoms with E-state index in [9.17, 15) is 4.79 Å². The van der Waals surface area contributed by atoms with E-state index in [0.29, 0.717) is 11.7 Å².